The van der Waals surface area contributed by atoms with Gasteiger partial charge in [-0.3, -0.25) is 9.59 Å². The zero-order valence-corrected chi connectivity index (χ0v) is 9.13. The van der Waals surface area contributed by atoms with Gasteiger partial charge in [-0.1, -0.05) is 0 Å². The first-order chi connectivity index (χ1) is 7.63. The summed E-state index contributed by atoms with van der Waals surface area (Å²) in [5.41, 5.74) is 0.436. The van der Waals surface area contributed by atoms with Crippen molar-refractivity contribution in [1.29, 1.82) is 0 Å². The highest BCUT2D eigenvalue weighted by Gasteiger charge is 2.08. The molecular formula is C12H14FNO2. The van der Waals surface area contributed by atoms with Gasteiger partial charge >= 0.3 is 0 Å². The Morgan fingerprint density at radius 2 is 1.81 bits per heavy atom. The van der Waals surface area contributed by atoms with Gasteiger partial charge in [-0.15, -0.1) is 0 Å². The van der Waals surface area contributed by atoms with Crippen LogP contribution in [0.15, 0.2) is 24.3 Å². The van der Waals surface area contributed by atoms with Crippen molar-refractivity contribution in [3.63, 3.8) is 0 Å². The van der Waals surface area contributed by atoms with E-state index in [0.29, 0.717) is 12.1 Å². The number of hydrogen-bond acceptors (Lipinski definition) is 2. The predicted molar refractivity (Wildman–Crippen MR) is 58.6 cm³/mol. The zero-order chi connectivity index (χ0) is 12.0. The Balaban J connectivity index is 2.47. The van der Waals surface area contributed by atoms with Crippen molar-refractivity contribution >= 4 is 11.7 Å². The van der Waals surface area contributed by atoms with Crippen LogP contribution in [0, 0.1) is 5.82 Å². The molecule has 0 bridgehead atoms. The molecule has 0 aliphatic rings. The molecule has 3 nitrogen and oxygen atoms in total. The maximum Gasteiger partial charge on any atom is 0.220 e. The Morgan fingerprint density at radius 3 is 2.38 bits per heavy atom. The van der Waals surface area contributed by atoms with Crippen LogP contribution in [-0.2, 0) is 4.79 Å². The normalized spacial score (nSPS) is 9.88. The smallest absolute Gasteiger partial charge is 0.220 e. The molecule has 4 heteroatoms. The predicted octanol–water partition coefficient (Wildman–Crippen LogP) is 1.92. The van der Waals surface area contributed by atoms with E-state index < -0.39 is 0 Å². The number of nitrogens with one attached hydrogen (secondary N) is 1. The standard InChI is InChI=1S/C12H14FNO2/c1-2-14-12(16)8-7-11(15)9-3-5-10(13)6-4-9/h3-6H,2,7-8H2,1H3,(H,14,16). The molecule has 0 saturated heterocycles. The molecule has 0 atom stereocenters. The van der Waals surface area contributed by atoms with Gasteiger partial charge in [-0.25, -0.2) is 4.39 Å². The second kappa shape index (κ2) is 6.00. The molecule has 0 saturated carbocycles. The Labute approximate surface area is 93.7 Å². The van der Waals surface area contributed by atoms with E-state index >= 15 is 0 Å². The summed E-state index contributed by atoms with van der Waals surface area (Å²) < 4.78 is 12.6. The first-order valence-electron chi connectivity index (χ1n) is 5.19. The third-order valence-corrected chi connectivity index (χ3v) is 2.12. The van der Waals surface area contributed by atoms with Crippen LogP contribution in [0.2, 0.25) is 0 Å². The maximum absolute atomic E-state index is 12.6. The van der Waals surface area contributed by atoms with Gasteiger partial charge in [0, 0.05) is 24.9 Å². The fourth-order valence-electron chi connectivity index (χ4n) is 1.29. The lowest BCUT2D eigenvalue weighted by molar-refractivity contribution is -0.120. The number of carbonyl (C=O) groups excluding carboxylic acids is 2. The zero-order valence-electron chi connectivity index (χ0n) is 9.13. The maximum atomic E-state index is 12.6. The van der Waals surface area contributed by atoms with Crippen LogP contribution in [0.3, 0.4) is 0 Å². The Morgan fingerprint density at radius 1 is 1.19 bits per heavy atom. The van der Waals surface area contributed by atoms with E-state index in [0.717, 1.165) is 0 Å². The van der Waals surface area contributed by atoms with E-state index in [4.69, 9.17) is 0 Å². The molecule has 0 unspecified atom stereocenters. The number of hydrogen-bond donors (Lipinski definition) is 1. The molecule has 0 fully saturated rings. The van der Waals surface area contributed by atoms with Crippen LogP contribution >= 0.6 is 0 Å². The fraction of sp³-hybridized carbons (Fsp3) is 0.333. The van der Waals surface area contributed by atoms with Crippen molar-refractivity contribution in [3.8, 4) is 0 Å². The molecule has 0 heterocycles. The quantitative estimate of drug-likeness (QED) is 0.775. The molecule has 1 rings (SSSR count). The second-order valence-corrected chi connectivity index (χ2v) is 3.38. The highest BCUT2D eigenvalue weighted by atomic mass is 19.1. The summed E-state index contributed by atoms with van der Waals surface area (Å²) in [6, 6.07) is 5.32. The summed E-state index contributed by atoms with van der Waals surface area (Å²) >= 11 is 0. The molecule has 1 aromatic rings. The lowest BCUT2D eigenvalue weighted by Crippen LogP contribution is -2.23. The number of amides is 1. The molecule has 86 valence electrons. The van der Waals surface area contributed by atoms with Gasteiger partial charge in [0.05, 0.1) is 0 Å². The summed E-state index contributed by atoms with van der Waals surface area (Å²) in [5.74, 6) is -0.663. The van der Waals surface area contributed by atoms with E-state index in [-0.39, 0.29) is 30.3 Å². The molecule has 16 heavy (non-hydrogen) atoms. The molecule has 0 radical (unpaired) electrons. The summed E-state index contributed by atoms with van der Waals surface area (Å²) in [6.07, 6.45) is 0.321. The minimum Gasteiger partial charge on any atom is -0.356 e. The van der Waals surface area contributed by atoms with Gasteiger partial charge in [0.25, 0.3) is 0 Å². The number of halogens is 1. The molecular weight excluding hydrogens is 209 g/mol. The van der Waals surface area contributed by atoms with Crippen LogP contribution in [0.5, 0.6) is 0 Å². The van der Waals surface area contributed by atoms with Gasteiger partial charge in [0.2, 0.25) is 5.91 Å². The molecule has 1 aromatic carbocycles. The minimum atomic E-state index is -0.375. The average Bonchev–Trinajstić information content (AvgIpc) is 2.27. The average molecular weight is 223 g/mol. The molecule has 0 aromatic heterocycles. The van der Waals surface area contributed by atoms with E-state index in [9.17, 15) is 14.0 Å². The number of benzene rings is 1. The van der Waals surface area contributed by atoms with Crippen molar-refractivity contribution in [2.45, 2.75) is 19.8 Å². The summed E-state index contributed by atoms with van der Waals surface area (Å²) in [7, 11) is 0. The van der Waals surface area contributed by atoms with E-state index in [1.165, 1.54) is 24.3 Å². The molecule has 0 aliphatic heterocycles. The van der Waals surface area contributed by atoms with Gasteiger partial charge in [0.1, 0.15) is 5.82 Å². The van der Waals surface area contributed by atoms with Crippen LogP contribution < -0.4 is 5.32 Å². The van der Waals surface area contributed by atoms with Gasteiger partial charge in [-0.2, -0.15) is 0 Å². The second-order valence-electron chi connectivity index (χ2n) is 3.38. The van der Waals surface area contributed by atoms with Crippen molar-refractivity contribution in [1.82, 2.24) is 5.32 Å². The SMILES string of the molecule is CCNC(=O)CCC(=O)c1ccc(F)cc1. The van der Waals surface area contributed by atoms with Crippen molar-refractivity contribution < 1.29 is 14.0 Å². The monoisotopic (exact) mass is 223 g/mol. The van der Waals surface area contributed by atoms with E-state index in [1.807, 2.05) is 6.92 Å². The molecule has 0 aliphatic carbocycles. The summed E-state index contributed by atoms with van der Waals surface area (Å²) in [5, 5.41) is 2.61. The van der Waals surface area contributed by atoms with E-state index in [1.54, 1.807) is 0 Å². The van der Waals surface area contributed by atoms with Gasteiger partial charge < -0.3 is 5.32 Å². The number of carbonyl (C=O) groups is 2. The van der Waals surface area contributed by atoms with Gasteiger partial charge in [0.15, 0.2) is 5.78 Å². The summed E-state index contributed by atoms with van der Waals surface area (Å²) in [4.78, 5) is 22.7. The largest absolute Gasteiger partial charge is 0.356 e. The lowest BCUT2D eigenvalue weighted by Gasteiger charge is -2.02. The number of ketones is 1. The Bertz CT molecular complexity index is 373. The highest BCUT2D eigenvalue weighted by molar-refractivity contribution is 5.97. The molecule has 1 amide bonds. The van der Waals surface area contributed by atoms with Crippen LogP contribution in [0.4, 0.5) is 4.39 Å². The summed E-state index contributed by atoms with van der Waals surface area (Å²) in [6.45, 7) is 2.38. The Kier molecular flexibility index (Phi) is 4.64. The highest BCUT2D eigenvalue weighted by Crippen LogP contribution is 2.07. The van der Waals surface area contributed by atoms with Gasteiger partial charge in [-0.05, 0) is 31.2 Å². The molecule has 0 spiro atoms. The number of rotatable bonds is 5. The topological polar surface area (TPSA) is 46.2 Å². The minimum absolute atomic E-state index is 0.141. The van der Waals surface area contributed by atoms with Crippen LogP contribution in [0.1, 0.15) is 30.1 Å². The molecule has 1 N–H and O–H groups in total. The van der Waals surface area contributed by atoms with Crippen molar-refractivity contribution in [3.05, 3.63) is 35.6 Å². The van der Waals surface area contributed by atoms with Crippen LogP contribution in [-0.4, -0.2) is 18.2 Å². The Hall–Kier alpha value is -1.71. The first kappa shape index (κ1) is 12.4. The van der Waals surface area contributed by atoms with Crippen molar-refractivity contribution in [2.24, 2.45) is 0 Å². The third kappa shape index (κ3) is 3.81. The van der Waals surface area contributed by atoms with E-state index in [2.05, 4.69) is 5.32 Å². The lowest BCUT2D eigenvalue weighted by atomic mass is 10.1. The third-order valence-electron chi connectivity index (χ3n) is 2.12. The van der Waals surface area contributed by atoms with Crippen molar-refractivity contribution in [2.75, 3.05) is 6.54 Å². The number of Topliss-reactive ketones (excluding diaryl/α,β-unsaturated/α-hetero) is 1. The fourth-order valence-corrected chi connectivity index (χ4v) is 1.29. The van der Waals surface area contributed by atoms with Crippen LogP contribution in [0.25, 0.3) is 0 Å². The first-order valence-corrected chi connectivity index (χ1v) is 5.19.